The predicted molar refractivity (Wildman–Crippen MR) is 93.8 cm³/mol. The van der Waals surface area contributed by atoms with Crippen molar-refractivity contribution in [2.45, 2.75) is 37.9 Å². The highest BCUT2D eigenvalue weighted by atomic mass is 19.4. The topological polar surface area (TPSA) is 77.6 Å². The average Bonchev–Trinajstić information content (AvgIpc) is 3.42. The summed E-state index contributed by atoms with van der Waals surface area (Å²) in [6.45, 7) is 0.237. The molecule has 1 amide bonds. The first kappa shape index (κ1) is 22.7. The molecule has 176 valence electrons. The van der Waals surface area contributed by atoms with E-state index in [1.54, 1.807) is 0 Å². The molecule has 15 heteroatoms. The lowest BCUT2D eigenvalue weighted by Crippen LogP contribution is -2.27. The standard InChI is InChI=1S/C18H12F8N6O/c19-15(20)14-9(7-32(30-14)18(24,25)26)16(33)28-10-2-4-31-12(10)6-11(29-31)8-1-3-27-13(5-8)17(21,22)23/h1,3,5-7,10,15H,2,4H2,(H,28,33). The quantitative estimate of drug-likeness (QED) is 0.560. The molecule has 0 bridgehead atoms. The zero-order chi connectivity index (χ0) is 24.1. The zero-order valence-electron chi connectivity index (χ0n) is 16.1. The van der Waals surface area contributed by atoms with Crippen molar-refractivity contribution in [3.05, 3.63) is 53.2 Å². The van der Waals surface area contributed by atoms with Gasteiger partial charge in [-0.05, 0) is 24.6 Å². The fourth-order valence-corrected chi connectivity index (χ4v) is 3.41. The largest absolute Gasteiger partial charge is 0.504 e. The van der Waals surface area contributed by atoms with Gasteiger partial charge in [0.15, 0.2) is 0 Å². The second kappa shape index (κ2) is 7.81. The fourth-order valence-electron chi connectivity index (χ4n) is 3.41. The summed E-state index contributed by atoms with van der Waals surface area (Å²) in [7, 11) is 0. The number of hydrogen-bond acceptors (Lipinski definition) is 4. The van der Waals surface area contributed by atoms with Crippen LogP contribution in [0.4, 0.5) is 35.1 Å². The molecular weight excluding hydrogens is 468 g/mol. The van der Waals surface area contributed by atoms with Gasteiger partial charge in [-0.3, -0.25) is 14.5 Å². The molecule has 0 radical (unpaired) electrons. The van der Waals surface area contributed by atoms with Crippen molar-refractivity contribution in [2.75, 3.05) is 0 Å². The van der Waals surface area contributed by atoms with Crippen molar-refractivity contribution in [1.29, 1.82) is 0 Å². The second-order valence-electron chi connectivity index (χ2n) is 7.06. The molecule has 3 aromatic heterocycles. The third-order valence-corrected chi connectivity index (χ3v) is 4.90. The van der Waals surface area contributed by atoms with Crippen molar-refractivity contribution in [2.24, 2.45) is 0 Å². The van der Waals surface area contributed by atoms with Gasteiger partial charge in [0.25, 0.3) is 12.3 Å². The number of rotatable bonds is 4. The van der Waals surface area contributed by atoms with Gasteiger partial charge in [-0.15, -0.1) is 13.2 Å². The molecule has 1 aliphatic rings. The van der Waals surface area contributed by atoms with Crippen LogP contribution in [0.15, 0.2) is 30.6 Å². The van der Waals surface area contributed by atoms with Crippen LogP contribution in [0.5, 0.6) is 0 Å². The van der Waals surface area contributed by atoms with Crippen LogP contribution in [0, 0.1) is 0 Å². The average molecular weight is 480 g/mol. The number of nitrogens with zero attached hydrogens (tertiary/aromatic N) is 5. The summed E-state index contributed by atoms with van der Waals surface area (Å²) in [5.41, 5.74) is -2.78. The number of amides is 1. The molecule has 1 atom stereocenters. The van der Waals surface area contributed by atoms with Gasteiger partial charge in [0.05, 0.1) is 23.0 Å². The Bertz CT molecular complexity index is 1200. The molecule has 0 aliphatic carbocycles. The van der Waals surface area contributed by atoms with Gasteiger partial charge in [-0.25, -0.2) is 8.78 Å². The monoisotopic (exact) mass is 480 g/mol. The SMILES string of the molecule is O=C(NC1CCn2nc(-c3ccnc(C(F)(F)F)c3)cc21)c1cn(C(F)(F)F)nc1C(F)F. The van der Waals surface area contributed by atoms with Gasteiger partial charge in [-0.2, -0.15) is 28.1 Å². The first-order valence-electron chi connectivity index (χ1n) is 9.21. The minimum atomic E-state index is -5.09. The maximum Gasteiger partial charge on any atom is 0.504 e. The fraction of sp³-hybridized carbons (Fsp3) is 0.333. The number of halogens is 8. The van der Waals surface area contributed by atoms with E-state index >= 15 is 0 Å². The molecule has 4 rings (SSSR count). The van der Waals surface area contributed by atoms with Crippen LogP contribution in [-0.2, 0) is 19.0 Å². The van der Waals surface area contributed by atoms with E-state index in [-0.39, 0.29) is 30.4 Å². The number of carbonyl (C=O) groups is 1. The molecule has 33 heavy (non-hydrogen) atoms. The van der Waals surface area contributed by atoms with Crippen molar-refractivity contribution in [3.63, 3.8) is 0 Å². The number of carbonyl (C=O) groups excluding carboxylic acids is 1. The minimum absolute atomic E-state index is 0.107. The Morgan fingerprint density at radius 3 is 2.48 bits per heavy atom. The zero-order valence-corrected chi connectivity index (χ0v) is 16.1. The lowest BCUT2D eigenvalue weighted by Gasteiger charge is -2.12. The lowest BCUT2D eigenvalue weighted by atomic mass is 10.1. The highest BCUT2D eigenvalue weighted by Gasteiger charge is 2.37. The van der Waals surface area contributed by atoms with Gasteiger partial charge >= 0.3 is 12.5 Å². The Kier molecular flexibility index (Phi) is 5.36. The van der Waals surface area contributed by atoms with E-state index in [4.69, 9.17) is 0 Å². The van der Waals surface area contributed by atoms with Crippen LogP contribution < -0.4 is 5.32 Å². The van der Waals surface area contributed by atoms with E-state index in [0.717, 1.165) is 12.3 Å². The normalized spacial score (nSPS) is 16.3. The summed E-state index contributed by atoms with van der Waals surface area (Å²) in [4.78, 5) is 15.7. The van der Waals surface area contributed by atoms with Crippen LogP contribution in [0.25, 0.3) is 11.3 Å². The number of aryl methyl sites for hydroxylation is 1. The number of aromatic nitrogens is 5. The molecular formula is C18H12F8N6O. The van der Waals surface area contributed by atoms with Crippen molar-refractivity contribution in [1.82, 2.24) is 29.9 Å². The van der Waals surface area contributed by atoms with E-state index < -0.39 is 52.5 Å². The number of nitrogens with one attached hydrogen (secondary N) is 1. The Morgan fingerprint density at radius 1 is 1.12 bits per heavy atom. The molecule has 0 spiro atoms. The smallest absolute Gasteiger partial charge is 0.343 e. The van der Waals surface area contributed by atoms with Crippen LogP contribution in [0.2, 0.25) is 0 Å². The summed E-state index contributed by atoms with van der Waals surface area (Å²) >= 11 is 0. The lowest BCUT2D eigenvalue weighted by molar-refractivity contribution is -0.212. The number of fused-ring (bicyclic) bond motifs is 1. The summed E-state index contributed by atoms with van der Waals surface area (Å²) in [6, 6.07) is 2.69. The summed E-state index contributed by atoms with van der Waals surface area (Å²) in [5, 5.41) is 9.31. The van der Waals surface area contributed by atoms with E-state index in [9.17, 15) is 39.9 Å². The molecule has 4 heterocycles. The van der Waals surface area contributed by atoms with Gasteiger partial charge in [0, 0.05) is 24.5 Å². The van der Waals surface area contributed by atoms with Crippen molar-refractivity contribution >= 4 is 5.91 Å². The Hall–Kier alpha value is -3.52. The maximum atomic E-state index is 13.1. The Morgan fingerprint density at radius 2 is 1.85 bits per heavy atom. The number of pyridine rings is 1. The van der Waals surface area contributed by atoms with Gasteiger partial charge in [0.1, 0.15) is 11.4 Å². The maximum absolute atomic E-state index is 13.1. The molecule has 1 N–H and O–H groups in total. The summed E-state index contributed by atoms with van der Waals surface area (Å²) in [6.07, 6.45) is -11.8. The summed E-state index contributed by atoms with van der Waals surface area (Å²) < 4.78 is 104. The number of hydrogen-bond donors (Lipinski definition) is 1. The van der Waals surface area contributed by atoms with E-state index in [1.165, 1.54) is 16.8 Å². The van der Waals surface area contributed by atoms with Gasteiger partial charge in [0.2, 0.25) is 0 Å². The third-order valence-electron chi connectivity index (χ3n) is 4.90. The highest BCUT2D eigenvalue weighted by molar-refractivity contribution is 5.95. The van der Waals surface area contributed by atoms with Gasteiger partial charge in [-0.1, -0.05) is 0 Å². The molecule has 1 aliphatic heterocycles. The Labute approximate surface area is 179 Å². The van der Waals surface area contributed by atoms with Crippen molar-refractivity contribution < 1.29 is 39.9 Å². The molecule has 3 aromatic rings. The first-order chi connectivity index (χ1) is 15.3. The summed E-state index contributed by atoms with van der Waals surface area (Å²) in [5.74, 6) is -1.20. The van der Waals surface area contributed by atoms with Crippen LogP contribution >= 0.6 is 0 Å². The molecule has 7 nitrogen and oxygen atoms in total. The van der Waals surface area contributed by atoms with Crippen LogP contribution in [-0.4, -0.2) is 30.5 Å². The van der Waals surface area contributed by atoms with E-state index in [1.807, 2.05) is 0 Å². The number of alkyl halides is 8. The first-order valence-corrected chi connectivity index (χ1v) is 9.21. The molecule has 1 unspecified atom stereocenters. The van der Waals surface area contributed by atoms with Crippen molar-refractivity contribution in [3.8, 4) is 11.3 Å². The van der Waals surface area contributed by atoms with E-state index in [2.05, 4.69) is 20.5 Å². The van der Waals surface area contributed by atoms with Gasteiger partial charge < -0.3 is 5.32 Å². The molecule has 0 aromatic carbocycles. The molecule has 0 fully saturated rings. The minimum Gasteiger partial charge on any atom is -0.343 e. The third kappa shape index (κ3) is 4.39. The van der Waals surface area contributed by atoms with Crippen LogP contribution in [0.1, 0.15) is 46.3 Å². The molecule has 0 saturated heterocycles. The molecule has 0 saturated carbocycles. The second-order valence-corrected chi connectivity index (χ2v) is 7.06. The Balaban J connectivity index is 1.59. The van der Waals surface area contributed by atoms with Crippen LogP contribution in [0.3, 0.4) is 0 Å². The highest BCUT2D eigenvalue weighted by Crippen LogP contribution is 2.34. The predicted octanol–water partition coefficient (Wildman–Crippen LogP) is 4.45. The van der Waals surface area contributed by atoms with E-state index in [0.29, 0.717) is 5.69 Å².